The molecule has 0 aliphatic heterocycles. The van der Waals surface area contributed by atoms with Crippen molar-refractivity contribution in [1.29, 1.82) is 0 Å². The molecule has 0 spiro atoms. The molecule has 0 fully saturated rings. The standard InChI is InChI=1S/C40H33N/c1-26-31-16-8-9-17-32(31)33-22-23-38-40(34-18-10-11-19-37(34)41-38)39(33)35(26)25-30-21-20-29(27-12-4-2-5-13-27)24-36(30)28-14-6-3-7-15-28/h2-19,22-24,26,35,41H,20-21,25H2,1H3/t26?,35-/m0/s1. The molecule has 1 heteroatoms. The molecule has 8 rings (SSSR count). The minimum absolute atomic E-state index is 0.392. The summed E-state index contributed by atoms with van der Waals surface area (Å²) in [4.78, 5) is 3.73. The topological polar surface area (TPSA) is 15.8 Å². The number of fused-ring (bicyclic) bond motifs is 7. The van der Waals surface area contributed by atoms with Gasteiger partial charge >= 0.3 is 0 Å². The van der Waals surface area contributed by atoms with Crippen molar-refractivity contribution < 1.29 is 0 Å². The quantitative estimate of drug-likeness (QED) is 0.235. The smallest absolute Gasteiger partial charge is 0.0468 e. The third kappa shape index (κ3) is 3.99. The van der Waals surface area contributed by atoms with Crippen LogP contribution in [0.15, 0.2) is 133 Å². The van der Waals surface area contributed by atoms with Crippen LogP contribution in [0.1, 0.15) is 60.3 Å². The zero-order chi connectivity index (χ0) is 27.3. The van der Waals surface area contributed by atoms with Gasteiger partial charge in [-0.25, -0.2) is 0 Å². The Balaban J connectivity index is 1.35. The first kappa shape index (κ1) is 24.2. The molecule has 198 valence electrons. The number of aromatic nitrogens is 1. The van der Waals surface area contributed by atoms with Crippen LogP contribution in [0, 0.1) is 0 Å². The van der Waals surface area contributed by atoms with Crippen LogP contribution in [-0.2, 0) is 0 Å². The zero-order valence-electron chi connectivity index (χ0n) is 23.4. The first-order valence-corrected chi connectivity index (χ1v) is 14.9. The number of allylic oxidation sites excluding steroid dienone is 4. The predicted molar refractivity (Wildman–Crippen MR) is 174 cm³/mol. The lowest BCUT2D eigenvalue weighted by Crippen LogP contribution is -2.18. The molecule has 1 aromatic heterocycles. The van der Waals surface area contributed by atoms with Gasteiger partial charge < -0.3 is 4.98 Å². The summed E-state index contributed by atoms with van der Waals surface area (Å²) < 4.78 is 0. The second kappa shape index (κ2) is 9.78. The lowest BCUT2D eigenvalue weighted by atomic mass is 9.68. The van der Waals surface area contributed by atoms with E-state index in [-0.39, 0.29) is 0 Å². The van der Waals surface area contributed by atoms with E-state index in [1.807, 2.05) is 0 Å². The van der Waals surface area contributed by atoms with Crippen molar-refractivity contribution in [2.75, 3.05) is 0 Å². The fourth-order valence-corrected chi connectivity index (χ4v) is 7.51. The van der Waals surface area contributed by atoms with Crippen molar-refractivity contribution in [3.8, 4) is 11.1 Å². The second-order valence-electron chi connectivity index (χ2n) is 11.7. The van der Waals surface area contributed by atoms with Crippen LogP contribution >= 0.6 is 0 Å². The Kier molecular flexibility index (Phi) is 5.77. The van der Waals surface area contributed by atoms with E-state index < -0.39 is 0 Å². The average Bonchev–Trinajstić information content (AvgIpc) is 3.43. The average molecular weight is 528 g/mol. The van der Waals surface area contributed by atoms with Crippen LogP contribution in [-0.4, -0.2) is 4.98 Å². The molecule has 0 bridgehead atoms. The molecule has 1 nitrogen and oxygen atoms in total. The Morgan fingerprint density at radius 3 is 2.17 bits per heavy atom. The lowest BCUT2D eigenvalue weighted by molar-refractivity contribution is 0.560. The lowest BCUT2D eigenvalue weighted by Gasteiger charge is -2.36. The Labute approximate surface area is 241 Å². The number of nitrogens with one attached hydrogen (secondary N) is 1. The number of H-pyrrole nitrogens is 1. The molecular weight excluding hydrogens is 494 g/mol. The van der Waals surface area contributed by atoms with E-state index in [0.717, 1.165) is 19.3 Å². The number of aromatic amines is 1. The summed E-state index contributed by atoms with van der Waals surface area (Å²) in [6.45, 7) is 2.46. The molecule has 0 radical (unpaired) electrons. The third-order valence-electron chi connectivity index (χ3n) is 9.52. The van der Waals surface area contributed by atoms with Gasteiger partial charge in [-0.1, -0.05) is 128 Å². The van der Waals surface area contributed by atoms with E-state index in [4.69, 9.17) is 0 Å². The maximum absolute atomic E-state index is 3.73. The second-order valence-corrected chi connectivity index (χ2v) is 11.7. The van der Waals surface area contributed by atoms with Gasteiger partial charge in [-0.05, 0) is 87.8 Å². The molecule has 1 unspecified atom stereocenters. The molecule has 5 aromatic carbocycles. The molecule has 1 N–H and O–H groups in total. The van der Waals surface area contributed by atoms with Gasteiger partial charge in [-0.15, -0.1) is 0 Å². The van der Waals surface area contributed by atoms with Crippen molar-refractivity contribution in [1.82, 2.24) is 4.98 Å². The fourth-order valence-electron chi connectivity index (χ4n) is 7.51. The normalized spacial score (nSPS) is 18.3. The number of para-hydroxylation sites is 1. The van der Waals surface area contributed by atoms with Gasteiger partial charge in [0, 0.05) is 21.8 Å². The Morgan fingerprint density at radius 1 is 0.634 bits per heavy atom. The van der Waals surface area contributed by atoms with Crippen LogP contribution < -0.4 is 0 Å². The highest BCUT2D eigenvalue weighted by Crippen LogP contribution is 2.53. The molecule has 6 aromatic rings. The number of rotatable bonds is 4. The van der Waals surface area contributed by atoms with Crippen molar-refractivity contribution in [2.45, 2.75) is 38.0 Å². The third-order valence-corrected chi connectivity index (χ3v) is 9.52. The summed E-state index contributed by atoms with van der Waals surface area (Å²) in [5.41, 5.74) is 15.3. The van der Waals surface area contributed by atoms with Crippen LogP contribution in [0.4, 0.5) is 0 Å². The van der Waals surface area contributed by atoms with E-state index in [1.165, 1.54) is 66.3 Å². The van der Waals surface area contributed by atoms with Crippen molar-refractivity contribution in [3.63, 3.8) is 0 Å². The summed E-state index contributed by atoms with van der Waals surface area (Å²) >= 11 is 0. The van der Waals surface area contributed by atoms with Gasteiger partial charge in [0.15, 0.2) is 0 Å². The van der Waals surface area contributed by atoms with Crippen molar-refractivity contribution in [2.24, 2.45) is 0 Å². The zero-order valence-corrected chi connectivity index (χ0v) is 23.4. The molecule has 2 aliphatic carbocycles. The molecule has 0 saturated carbocycles. The van der Waals surface area contributed by atoms with Gasteiger partial charge in [0.25, 0.3) is 0 Å². The Hall–Kier alpha value is -4.62. The maximum atomic E-state index is 3.73. The monoisotopic (exact) mass is 527 g/mol. The Bertz CT molecular complexity index is 1970. The van der Waals surface area contributed by atoms with E-state index in [2.05, 4.69) is 139 Å². The van der Waals surface area contributed by atoms with Crippen LogP contribution in [0.25, 0.3) is 44.1 Å². The van der Waals surface area contributed by atoms with Gasteiger partial charge in [-0.3, -0.25) is 0 Å². The molecule has 0 saturated heterocycles. The molecule has 2 aliphatic rings. The number of hydrogen-bond donors (Lipinski definition) is 1. The largest absolute Gasteiger partial charge is 0.355 e. The van der Waals surface area contributed by atoms with Gasteiger partial charge in [0.05, 0.1) is 0 Å². The number of hydrogen-bond acceptors (Lipinski definition) is 0. The Morgan fingerprint density at radius 2 is 1.34 bits per heavy atom. The van der Waals surface area contributed by atoms with Gasteiger partial charge in [0.1, 0.15) is 0 Å². The summed E-state index contributed by atoms with van der Waals surface area (Å²) in [7, 11) is 0. The minimum Gasteiger partial charge on any atom is -0.355 e. The fraction of sp³-hybridized carbons (Fsp3) is 0.150. The SMILES string of the molecule is CC1c2ccccc2-c2ccc3[nH]c4ccccc4c3c2[C@H]1CC1=C(c2ccccc2)C=C(c2ccccc2)CC1. The van der Waals surface area contributed by atoms with Gasteiger partial charge in [-0.2, -0.15) is 0 Å². The van der Waals surface area contributed by atoms with E-state index in [9.17, 15) is 0 Å². The molecular formula is C40H33N. The highest BCUT2D eigenvalue weighted by atomic mass is 14.7. The summed E-state index contributed by atoms with van der Waals surface area (Å²) in [5.74, 6) is 0.810. The summed E-state index contributed by atoms with van der Waals surface area (Å²) in [5, 5.41) is 2.74. The highest BCUT2D eigenvalue weighted by Gasteiger charge is 2.34. The molecule has 41 heavy (non-hydrogen) atoms. The minimum atomic E-state index is 0.392. The first-order chi connectivity index (χ1) is 20.3. The van der Waals surface area contributed by atoms with Crippen LogP contribution in [0.2, 0.25) is 0 Å². The molecule has 1 heterocycles. The number of benzene rings is 5. The van der Waals surface area contributed by atoms with E-state index in [0.29, 0.717) is 11.8 Å². The van der Waals surface area contributed by atoms with E-state index in [1.54, 1.807) is 5.57 Å². The molecule has 2 atom stereocenters. The van der Waals surface area contributed by atoms with Gasteiger partial charge in [0.2, 0.25) is 0 Å². The summed E-state index contributed by atoms with van der Waals surface area (Å²) in [6, 6.07) is 44.5. The van der Waals surface area contributed by atoms with Crippen LogP contribution in [0.5, 0.6) is 0 Å². The first-order valence-electron chi connectivity index (χ1n) is 14.9. The van der Waals surface area contributed by atoms with Crippen molar-refractivity contribution >= 4 is 33.0 Å². The maximum Gasteiger partial charge on any atom is 0.0468 e. The highest BCUT2D eigenvalue weighted by molar-refractivity contribution is 6.11. The van der Waals surface area contributed by atoms with E-state index >= 15 is 0 Å². The predicted octanol–water partition coefficient (Wildman–Crippen LogP) is 10.9. The molecule has 0 amide bonds. The summed E-state index contributed by atoms with van der Waals surface area (Å²) in [6.07, 6.45) is 5.72. The van der Waals surface area contributed by atoms with Crippen molar-refractivity contribution in [3.05, 3.63) is 155 Å². The van der Waals surface area contributed by atoms with Crippen LogP contribution in [0.3, 0.4) is 0 Å².